The fourth-order valence-corrected chi connectivity index (χ4v) is 2.34. The van der Waals surface area contributed by atoms with Crippen LogP contribution in [0.4, 0.5) is 0 Å². The van der Waals surface area contributed by atoms with Crippen LogP contribution >= 0.6 is 0 Å². The highest BCUT2D eigenvalue weighted by atomic mass is 16.2. The summed E-state index contributed by atoms with van der Waals surface area (Å²) in [5.41, 5.74) is 0. The largest absolute Gasteiger partial charge is 0.352 e. The van der Waals surface area contributed by atoms with Crippen LogP contribution in [0.1, 0.15) is 25.7 Å². The quantitative estimate of drug-likeness (QED) is 0.702. The molecule has 1 amide bonds. The maximum absolute atomic E-state index is 11.6. The van der Waals surface area contributed by atoms with E-state index >= 15 is 0 Å². The molecular formula is C12H23N3O. The van der Waals surface area contributed by atoms with Crippen molar-refractivity contribution in [1.82, 2.24) is 15.5 Å². The van der Waals surface area contributed by atoms with Gasteiger partial charge in [-0.25, -0.2) is 0 Å². The van der Waals surface area contributed by atoms with Gasteiger partial charge >= 0.3 is 0 Å². The Balaban J connectivity index is 1.62. The van der Waals surface area contributed by atoms with Gasteiger partial charge in [0.25, 0.3) is 0 Å². The second-order valence-corrected chi connectivity index (χ2v) is 5.12. The topological polar surface area (TPSA) is 44.4 Å². The maximum atomic E-state index is 11.6. The number of hydrogen-bond acceptors (Lipinski definition) is 3. The molecule has 4 nitrogen and oxygen atoms in total. The van der Waals surface area contributed by atoms with Gasteiger partial charge < -0.3 is 10.6 Å². The standard InChI is InChI=1S/C12H23N3O/c1-13-8-10-4-6-15(7-5-10)9-12(16)14-11-2-3-11/h10-11,13H,2-9H2,1H3,(H,14,16). The van der Waals surface area contributed by atoms with E-state index in [4.69, 9.17) is 0 Å². The second-order valence-electron chi connectivity index (χ2n) is 5.12. The van der Waals surface area contributed by atoms with E-state index in [0.29, 0.717) is 12.6 Å². The van der Waals surface area contributed by atoms with Crippen LogP contribution in [-0.4, -0.2) is 50.1 Å². The molecule has 0 aromatic rings. The molecule has 2 N–H and O–H groups in total. The predicted molar refractivity (Wildman–Crippen MR) is 64.3 cm³/mol. The molecular weight excluding hydrogens is 202 g/mol. The van der Waals surface area contributed by atoms with Gasteiger partial charge in [-0.3, -0.25) is 9.69 Å². The van der Waals surface area contributed by atoms with Crippen LogP contribution < -0.4 is 10.6 Å². The van der Waals surface area contributed by atoms with Gasteiger partial charge in [0.1, 0.15) is 0 Å². The summed E-state index contributed by atoms with van der Waals surface area (Å²) in [6.45, 7) is 3.86. The maximum Gasteiger partial charge on any atom is 0.234 e. The van der Waals surface area contributed by atoms with E-state index in [-0.39, 0.29) is 5.91 Å². The van der Waals surface area contributed by atoms with Gasteiger partial charge in [-0.05, 0) is 58.3 Å². The Morgan fingerprint density at radius 2 is 1.94 bits per heavy atom. The third-order valence-electron chi connectivity index (χ3n) is 3.51. The van der Waals surface area contributed by atoms with Crippen molar-refractivity contribution in [3.8, 4) is 0 Å². The first-order valence-electron chi connectivity index (χ1n) is 6.44. The average Bonchev–Trinajstić information content (AvgIpc) is 3.05. The Bertz CT molecular complexity index is 232. The summed E-state index contributed by atoms with van der Waals surface area (Å²) in [6, 6.07) is 0.495. The lowest BCUT2D eigenvalue weighted by molar-refractivity contribution is -0.122. The summed E-state index contributed by atoms with van der Waals surface area (Å²) in [6.07, 6.45) is 4.79. The van der Waals surface area contributed by atoms with Crippen LogP contribution in [0, 0.1) is 5.92 Å². The molecule has 2 rings (SSSR count). The number of carbonyl (C=O) groups excluding carboxylic acids is 1. The Morgan fingerprint density at radius 1 is 1.25 bits per heavy atom. The zero-order valence-electron chi connectivity index (χ0n) is 10.2. The molecule has 0 spiro atoms. The first-order chi connectivity index (χ1) is 7.78. The fourth-order valence-electron chi connectivity index (χ4n) is 2.34. The number of amides is 1. The lowest BCUT2D eigenvalue weighted by Crippen LogP contribution is -2.43. The normalized spacial score (nSPS) is 23.3. The van der Waals surface area contributed by atoms with Crippen molar-refractivity contribution in [2.45, 2.75) is 31.7 Å². The molecule has 1 saturated carbocycles. The molecule has 0 aromatic heterocycles. The van der Waals surface area contributed by atoms with Crippen molar-refractivity contribution < 1.29 is 4.79 Å². The summed E-state index contributed by atoms with van der Waals surface area (Å²) in [7, 11) is 2.01. The van der Waals surface area contributed by atoms with Gasteiger partial charge in [0.2, 0.25) is 5.91 Å². The molecule has 1 aliphatic carbocycles. The number of likely N-dealkylation sites (tertiary alicyclic amines) is 1. The van der Waals surface area contributed by atoms with Crippen LogP contribution in [0.15, 0.2) is 0 Å². The van der Waals surface area contributed by atoms with Crippen LogP contribution in [0.2, 0.25) is 0 Å². The highest BCUT2D eigenvalue weighted by molar-refractivity contribution is 5.78. The van der Waals surface area contributed by atoms with Gasteiger partial charge in [-0.1, -0.05) is 0 Å². The smallest absolute Gasteiger partial charge is 0.234 e. The van der Waals surface area contributed by atoms with E-state index in [0.717, 1.165) is 25.6 Å². The molecule has 4 heteroatoms. The number of nitrogens with one attached hydrogen (secondary N) is 2. The van der Waals surface area contributed by atoms with Gasteiger partial charge in [0.15, 0.2) is 0 Å². The molecule has 1 heterocycles. The van der Waals surface area contributed by atoms with Crippen molar-refractivity contribution in [1.29, 1.82) is 0 Å². The monoisotopic (exact) mass is 225 g/mol. The number of rotatable bonds is 5. The fraction of sp³-hybridized carbons (Fsp3) is 0.917. The molecule has 16 heavy (non-hydrogen) atoms. The molecule has 0 radical (unpaired) electrons. The molecule has 0 atom stereocenters. The van der Waals surface area contributed by atoms with Crippen molar-refractivity contribution >= 4 is 5.91 Å². The molecule has 1 saturated heterocycles. The van der Waals surface area contributed by atoms with Crippen molar-refractivity contribution in [3.05, 3.63) is 0 Å². The number of hydrogen-bond donors (Lipinski definition) is 2. The molecule has 0 bridgehead atoms. The van der Waals surface area contributed by atoms with Crippen LogP contribution in [-0.2, 0) is 4.79 Å². The van der Waals surface area contributed by atoms with Crippen LogP contribution in [0.25, 0.3) is 0 Å². The second kappa shape index (κ2) is 5.64. The highest BCUT2D eigenvalue weighted by Gasteiger charge is 2.25. The van der Waals surface area contributed by atoms with Crippen molar-refractivity contribution in [3.63, 3.8) is 0 Å². The zero-order valence-corrected chi connectivity index (χ0v) is 10.2. The zero-order chi connectivity index (χ0) is 11.4. The number of piperidine rings is 1. The third kappa shape index (κ3) is 3.76. The summed E-state index contributed by atoms with van der Waals surface area (Å²) in [4.78, 5) is 13.9. The van der Waals surface area contributed by atoms with Crippen LogP contribution in [0.3, 0.4) is 0 Å². The van der Waals surface area contributed by atoms with E-state index in [1.54, 1.807) is 0 Å². The molecule has 2 fully saturated rings. The Morgan fingerprint density at radius 3 is 2.50 bits per heavy atom. The van der Waals surface area contributed by atoms with Crippen LogP contribution in [0.5, 0.6) is 0 Å². The molecule has 0 aromatic carbocycles. The van der Waals surface area contributed by atoms with E-state index < -0.39 is 0 Å². The van der Waals surface area contributed by atoms with Crippen molar-refractivity contribution in [2.75, 3.05) is 33.2 Å². The minimum absolute atomic E-state index is 0.217. The predicted octanol–water partition coefficient (Wildman–Crippen LogP) is 0.196. The summed E-state index contributed by atoms with van der Waals surface area (Å²) >= 11 is 0. The number of nitrogens with zero attached hydrogens (tertiary/aromatic N) is 1. The molecule has 1 aliphatic heterocycles. The van der Waals surface area contributed by atoms with Gasteiger partial charge in [0.05, 0.1) is 6.54 Å². The van der Waals surface area contributed by atoms with E-state index in [1.165, 1.54) is 25.7 Å². The van der Waals surface area contributed by atoms with E-state index in [9.17, 15) is 4.79 Å². The first kappa shape index (κ1) is 11.9. The Labute approximate surface area is 97.8 Å². The van der Waals surface area contributed by atoms with Gasteiger partial charge in [-0.2, -0.15) is 0 Å². The summed E-state index contributed by atoms with van der Waals surface area (Å²) in [5, 5.41) is 6.27. The Hall–Kier alpha value is -0.610. The van der Waals surface area contributed by atoms with Crippen molar-refractivity contribution in [2.24, 2.45) is 5.92 Å². The molecule has 0 unspecified atom stereocenters. The summed E-state index contributed by atoms with van der Waals surface area (Å²) < 4.78 is 0. The Kier molecular flexibility index (Phi) is 4.18. The summed E-state index contributed by atoms with van der Waals surface area (Å²) in [5.74, 6) is 1.02. The lowest BCUT2D eigenvalue weighted by Gasteiger charge is -2.31. The van der Waals surface area contributed by atoms with Gasteiger partial charge in [0, 0.05) is 6.04 Å². The van der Waals surface area contributed by atoms with E-state index in [2.05, 4.69) is 15.5 Å². The number of carbonyl (C=O) groups is 1. The average molecular weight is 225 g/mol. The van der Waals surface area contributed by atoms with Gasteiger partial charge in [-0.15, -0.1) is 0 Å². The molecule has 2 aliphatic rings. The minimum atomic E-state index is 0.217. The first-order valence-corrected chi connectivity index (χ1v) is 6.44. The molecule has 92 valence electrons. The lowest BCUT2D eigenvalue weighted by atomic mass is 9.97. The SMILES string of the molecule is CNCC1CCN(CC(=O)NC2CC2)CC1. The minimum Gasteiger partial charge on any atom is -0.352 e. The van der Waals surface area contributed by atoms with E-state index in [1.807, 2.05) is 7.05 Å². The highest BCUT2D eigenvalue weighted by Crippen LogP contribution is 2.19. The third-order valence-corrected chi connectivity index (χ3v) is 3.51.